The average Bonchev–Trinajstić information content (AvgIpc) is 3.11. The number of aromatic amines is 1. The van der Waals surface area contributed by atoms with Gasteiger partial charge in [-0.3, -0.25) is 4.90 Å². The van der Waals surface area contributed by atoms with Gasteiger partial charge in [0.25, 0.3) is 0 Å². The summed E-state index contributed by atoms with van der Waals surface area (Å²) in [6.45, 7) is 4.64. The number of aromatic nitrogens is 2. The molecule has 0 radical (unpaired) electrons. The molecule has 1 aromatic rings. The molecular weight excluding hydrogens is 322 g/mol. The Bertz CT molecular complexity index is 453. The molecule has 2 aliphatic rings. The van der Waals surface area contributed by atoms with Crippen molar-refractivity contribution in [2.75, 3.05) is 26.2 Å². The monoisotopic (exact) mass is 341 g/mol. The number of hydrogen-bond acceptors (Lipinski definition) is 5. The van der Waals surface area contributed by atoms with Gasteiger partial charge in [0, 0.05) is 30.7 Å². The summed E-state index contributed by atoms with van der Waals surface area (Å²) in [5.41, 5.74) is 8.63. The Kier molecular flexibility index (Phi) is 4.72. The highest BCUT2D eigenvalue weighted by atomic mass is 79.9. The van der Waals surface area contributed by atoms with Crippen LogP contribution in [0.3, 0.4) is 0 Å². The Balaban J connectivity index is 1.39. The predicted molar refractivity (Wildman–Crippen MR) is 79.9 cm³/mol. The Labute approximate surface area is 127 Å². The lowest BCUT2D eigenvalue weighted by atomic mass is 10.1. The first kappa shape index (κ1) is 14.1. The smallest absolute Gasteiger partial charge is 0.0922 e. The molecule has 0 atom stereocenters. The Morgan fingerprint density at radius 3 is 2.90 bits per heavy atom. The lowest BCUT2D eigenvalue weighted by molar-refractivity contribution is -0.00222. The predicted octanol–water partition coefficient (Wildman–Crippen LogP) is 1.10. The zero-order chi connectivity index (χ0) is 13.8. The summed E-state index contributed by atoms with van der Waals surface area (Å²) >= 11 is 3.58. The fourth-order valence-electron chi connectivity index (χ4n) is 2.56. The fourth-order valence-corrected chi connectivity index (χ4v) is 2.92. The number of H-pyrrole nitrogens is 1. The van der Waals surface area contributed by atoms with Gasteiger partial charge in [-0.15, -0.1) is 0 Å². The number of nitrogens with zero attached hydrogens (tertiary/aromatic N) is 2. The largest absolute Gasteiger partial charge is 0.372 e. The van der Waals surface area contributed by atoms with Gasteiger partial charge in [-0.2, -0.15) is 0 Å². The highest BCUT2D eigenvalue weighted by Gasteiger charge is 2.22. The van der Waals surface area contributed by atoms with Crippen molar-refractivity contribution in [1.29, 1.82) is 0 Å². The van der Waals surface area contributed by atoms with Crippen LogP contribution >= 0.6 is 15.9 Å². The lowest BCUT2D eigenvalue weighted by Gasteiger charge is -2.32. The van der Waals surface area contributed by atoms with Gasteiger partial charge in [0.1, 0.15) is 0 Å². The van der Waals surface area contributed by atoms with Crippen molar-refractivity contribution in [3.63, 3.8) is 0 Å². The molecule has 0 saturated carbocycles. The quantitative estimate of drug-likeness (QED) is 0.748. The number of ether oxygens (including phenoxy) is 1. The Morgan fingerprint density at radius 1 is 1.40 bits per heavy atom. The van der Waals surface area contributed by atoms with Crippen molar-refractivity contribution in [1.82, 2.24) is 25.7 Å². The zero-order valence-electron chi connectivity index (χ0n) is 11.4. The third kappa shape index (κ3) is 3.60. The number of hydrogen-bond donors (Lipinski definition) is 3. The van der Waals surface area contributed by atoms with E-state index >= 15 is 0 Å². The van der Waals surface area contributed by atoms with E-state index in [4.69, 9.17) is 4.74 Å². The van der Waals surface area contributed by atoms with Gasteiger partial charge < -0.3 is 15.1 Å². The Hall–Kier alpha value is -0.890. The summed E-state index contributed by atoms with van der Waals surface area (Å²) in [6, 6.07) is 0. The topological polar surface area (TPSA) is 65.2 Å². The summed E-state index contributed by atoms with van der Waals surface area (Å²) in [6.07, 6.45) is 6.05. The maximum atomic E-state index is 5.92. The third-order valence-electron chi connectivity index (χ3n) is 3.76. The van der Waals surface area contributed by atoms with E-state index in [1.807, 2.05) is 6.20 Å². The van der Waals surface area contributed by atoms with Crippen molar-refractivity contribution in [2.24, 2.45) is 0 Å². The van der Waals surface area contributed by atoms with E-state index < -0.39 is 0 Å². The van der Waals surface area contributed by atoms with E-state index in [9.17, 15) is 0 Å². The molecule has 0 amide bonds. The fraction of sp³-hybridized carbons (Fsp3) is 0.615. The van der Waals surface area contributed by atoms with Gasteiger partial charge >= 0.3 is 0 Å². The van der Waals surface area contributed by atoms with E-state index in [-0.39, 0.29) is 0 Å². The van der Waals surface area contributed by atoms with Crippen molar-refractivity contribution < 1.29 is 4.74 Å². The first-order valence-corrected chi connectivity index (χ1v) is 7.78. The van der Waals surface area contributed by atoms with Gasteiger partial charge in [-0.25, -0.2) is 10.4 Å². The van der Waals surface area contributed by atoms with Crippen LogP contribution in [0.5, 0.6) is 0 Å². The molecule has 7 heteroatoms. The van der Waals surface area contributed by atoms with E-state index in [1.54, 1.807) is 6.33 Å². The van der Waals surface area contributed by atoms with Crippen molar-refractivity contribution >= 4 is 15.9 Å². The summed E-state index contributed by atoms with van der Waals surface area (Å²) < 4.78 is 7.15. The molecule has 0 spiro atoms. The number of likely N-dealkylation sites (tertiary alicyclic amines) is 1. The number of hydrazine groups is 1. The average molecular weight is 342 g/mol. The molecule has 0 aliphatic carbocycles. The molecule has 110 valence electrons. The summed E-state index contributed by atoms with van der Waals surface area (Å²) in [4.78, 5) is 9.53. The van der Waals surface area contributed by atoms with Gasteiger partial charge in [0.15, 0.2) is 0 Å². The highest BCUT2D eigenvalue weighted by molar-refractivity contribution is 9.11. The minimum atomic E-state index is 0.363. The number of halogens is 1. The van der Waals surface area contributed by atoms with Crippen molar-refractivity contribution in [2.45, 2.75) is 25.6 Å². The standard InChI is InChI=1S/C13H20BrN5O/c14-12-6-17-18-13(12)7-19-3-1-11(2-4-19)20-8-10-5-15-9-16-10/h5,9,11,17-18H,1-4,6-8H2,(H,15,16). The van der Waals surface area contributed by atoms with Crippen LogP contribution in [0.1, 0.15) is 18.5 Å². The first-order chi connectivity index (χ1) is 9.81. The molecule has 1 saturated heterocycles. The number of nitrogens with one attached hydrogen (secondary N) is 3. The second-order valence-electron chi connectivity index (χ2n) is 5.23. The molecule has 0 bridgehead atoms. The molecule has 3 heterocycles. The van der Waals surface area contributed by atoms with Gasteiger partial charge in [0.05, 0.1) is 36.6 Å². The third-order valence-corrected chi connectivity index (χ3v) is 4.52. The summed E-state index contributed by atoms with van der Waals surface area (Å²) in [5.74, 6) is 0. The molecule has 2 aliphatic heterocycles. The van der Waals surface area contributed by atoms with Gasteiger partial charge in [-0.1, -0.05) is 15.9 Å². The number of rotatable bonds is 5. The molecule has 1 fully saturated rings. The molecular formula is C13H20BrN5O. The van der Waals surface area contributed by atoms with Crippen LogP contribution in [0.25, 0.3) is 0 Å². The molecule has 3 N–H and O–H groups in total. The van der Waals surface area contributed by atoms with Crippen LogP contribution in [-0.4, -0.2) is 47.2 Å². The number of imidazole rings is 1. The Morgan fingerprint density at radius 2 is 2.25 bits per heavy atom. The normalized spacial score (nSPS) is 21.4. The zero-order valence-corrected chi connectivity index (χ0v) is 12.9. The van der Waals surface area contributed by atoms with Crippen LogP contribution in [0, 0.1) is 0 Å². The summed E-state index contributed by atoms with van der Waals surface area (Å²) in [5, 5.41) is 0. The second kappa shape index (κ2) is 6.71. The first-order valence-electron chi connectivity index (χ1n) is 6.99. The van der Waals surface area contributed by atoms with Gasteiger partial charge in [0.2, 0.25) is 0 Å². The molecule has 1 aromatic heterocycles. The van der Waals surface area contributed by atoms with E-state index in [2.05, 4.69) is 41.6 Å². The van der Waals surface area contributed by atoms with Crippen molar-refractivity contribution in [3.8, 4) is 0 Å². The van der Waals surface area contributed by atoms with Crippen LogP contribution < -0.4 is 10.9 Å². The maximum absolute atomic E-state index is 5.92. The van der Waals surface area contributed by atoms with Crippen LogP contribution in [0.2, 0.25) is 0 Å². The molecule has 20 heavy (non-hydrogen) atoms. The number of piperidine rings is 1. The minimum Gasteiger partial charge on any atom is -0.372 e. The summed E-state index contributed by atoms with van der Waals surface area (Å²) in [7, 11) is 0. The second-order valence-corrected chi connectivity index (χ2v) is 6.18. The van der Waals surface area contributed by atoms with E-state index in [0.717, 1.165) is 44.7 Å². The van der Waals surface area contributed by atoms with Crippen molar-refractivity contribution in [3.05, 3.63) is 28.4 Å². The van der Waals surface area contributed by atoms with Gasteiger partial charge in [-0.05, 0) is 12.8 Å². The van der Waals surface area contributed by atoms with Crippen LogP contribution in [-0.2, 0) is 11.3 Å². The molecule has 6 nitrogen and oxygen atoms in total. The minimum absolute atomic E-state index is 0.363. The molecule has 3 rings (SSSR count). The SMILES string of the molecule is BrC1=C(CN2CCC(OCc3cnc[nH]3)CC2)NNC1. The van der Waals surface area contributed by atoms with Crippen LogP contribution in [0.4, 0.5) is 0 Å². The van der Waals surface area contributed by atoms with Crippen LogP contribution in [0.15, 0.2) is 22.7 Å². The van der Waals surface area contributed by atoms with E-state index in [1.165, 1.54) is 10.2 Å². The molecule has 0 unspecified atom stereocenters. The highest BCUT2D eigenvalue weighted by Crippen LogP contribution is 2.19. The lowest BCUT2D eigenvalue weighted by Crippen LogP contribution is -2.40. The maximum Gasteiger partial charge on any atom is 0.0922 e. The molecule has 0 aromatic carbocycles. The van der Waals surface area contributed by atoms with E-state index in [0.29, 0.717) is 12.7 Å².